The van der Waals surface area contributed by atoms with Crippen molar-refractivity contribution in [3.05, 3.63) is 53.9 Å². The Balaban J connectivity index is 1.63. The second-order valence-electron chi connectivity index (χ2n) is 8.17. The van der Waals surface area contributed by atoms with Gasteiger partial charge in [-0.1, -0.05) is 18.2 Å². The topological polar surface area (TPSA) is 75.6 Å². The second kappa shape index (κ2) is 8.42. The highest BCUT2D eigenvalue weighted by Crippen LogP contribution is 2.44. The lowest BCUT2D eigenvalue weighted by Crippen LogP contribution is -2.43. The number of esters is 1. The minimum Gasteiger partial charge on any atom is -0.466 e. The molecule has 2 aliphatic heterocycles. The van der Waals surface area contributed by atoms with Crippen molar-refractivity contribution in [2.45, 2.75) is 26.7 Å². The summed E-state index contributed by atoms with van der Waals surface area (Å²) in [5.41, 5.74) is 1.05. The zero-order chi connectivity index (χ0) is 21.1. The third-order valence-corrected chi connectivity index (χ3v) is 6.37. The highest BCUT2D eigenvalue weighted by Gasteiger charge is 2.55. The Labute approximate surface area is 177 Å². The van der Waals surface area contributed by atoms with E-state index in [1.54, 1.807) is 18.5 Å². The number of carbonyl (C=O) groups is 2. The van der Waals surface area contributed by atoms with Crippen LogP contribution in [0.5, 0.6) is 0 Å². The van der Waals surface area contributed by atoms with Crippen LogP contribution in [0.1, 0.15) is 35.7 Å². The third kappa shape index (κ3) is 3.64. The molecule has 2 saturated heterocycles. The maximum atomic E-state index is 13.3. The van der Waals surface area contributed by atoms with Crippen molar-refractivity contribution in [2.75, 3.05) is 37.7 Å². The molecule has 1 aromatic carbocycles. The highest BCUT2D eigenvalue weighted by atomic mass is 16.5. The number of anilines is 1. The first-order valence-electron chi connectivity index (χ1n) is 10.6. The van der Waals surface area contributed by atoms with Crippen LogP contribution < -0.4 is 4.90 Å². The minimum atomic E-state index is -0.643. The lowest BCUT2D eigenvalue weighted by Gasteiger charge is -2.31. The van der Waals surface area contributed by atoms with Crippen molar-refractivity contribution in [1.82, 2.24) is 14.9 Å². The Morgan fingerprint density at radius 2 is 1.93 bits per heavy atom. The van der Waals surface area contributed by atoms with Gasteiger partial charge in [0.2, 0.25) is 5.95 Å². The zero-order valence-corrected chi connectivity index (χ0v) is 17.6. The van der Waals surface area contributed by atoms with Gasteiger partial charge in [0.15, 0.2) is 0 Å². The molecule has 0 saturated carbocycles. The van der Waals surface area contributed by atoms with E-state index in [2.05, 4.69) is 14.9 Å². The summed E-state index contributed by atoms with van der Waals surface area (Å²) in [7, 11) is 0. The van der Waals surface area contributed by atoms with Gasteiger partial charge in [-0.3, -0.25) is 9.59 Å². The molecule has 1 amide bonds. The number of aryl methyl sites for hydroxylation is 1. The van der Waals surface area contributed by atoms with Crippen molar-refractivity contribution < 1.29 is 14.3 Å². The molecule has 158 valence electrons. The predicted molar refractivity (Wildman–Crippen MR) is 113 cm³/mol. The smallest absolute Gasteiger partial charge is 0.314 e. The van der Waals surface area contributed by atoms with Crippen LogP contribution >= 0.6 is 0 Å². The molecule has 2 aromatic rings. The van der Waals surface area contributed by atoms with Crippen LogP contribution in [-0.4, -0.2) is 59.5 Å². The average molecular weight is 409 g/mol. The molecule has 0 bridgehead atoms. The van der Waals surface area contributed by atoms with E-state index in [1.807, 2.05) is 43.0 Å². The van der Waals surface area contributed by atoms with Crippen LogP contribution in [0, 0.1) is 18.3 Å². The molecule has 0 N–H and O–H groups in total. The van der Waals surface area contributed by atoms with E-state index < -0.39 is 5.41 Å². The van der Waals surface area contributed by atoms with Crippen LogP contribution in [0.3, 0.4) is 0 Å². The van der Waals surface area contributed by atoms with Crippen LogP contribution in [0.4, 0.5) is 5.95 Å². The minimum absolute atomic E-state index is 0.0298. The van der Waals surface area contributed by atoms with Crippen molar-refractivity contribution in [2.24, 2.45) is 11.3 Å². The van der Waals surface area contributed by atoms with Gasteiger partial charge in [-0.2, -0.15) is 0 Å². The summed E-state index contributed by atoms with van der Waals surface area (Å²) in [5.74, 6) is 0.447. The molecular formula is C23H28N4O3. The largest absolute Gasteiger partial charge is 0.466 e. The van der Waals surface area contributed by atoms with Gasteiger partial charge >= 0.3 is 5.97 Å². The fourth-order valence-electron chi connectivity index (χ4n) is 4.82. The summed E-state index contributed by atoms with van der Waals surface area (Å²) in [6.07, 6.45) is 4.87. The Hall–Kier alpha value is -2.96. The van der Waals surface area contributed by atoms with Gasteiger partial charge in [-0.05, 0) is 44.4 Å². The molecule has 3 heterocycles. The predicted octanol–water partition coefficient (Wildman–Crippen LogP) is 2.71. The first-order chi connectivity index (χ1) is 14.5. The number of hydrogen-bond donors (Lipinski definition) is 0. The molecule has 0 spiro atoms. The lowest BCUT2D eigenvalue weighted by atomic mass is 9.75. The molecule has 0 radical (unpaired) electrons. The molecule has 7 nitrogen and oxygen atoms in total. The number of amides is 1. The van der Waals surface area contributed by atoms with Gasteiger partial charge in [0.05, 0.1) is 12.0 Å². The highest BCUT2D eigenvalue weighted by molar-refractivity contribution is 5.95. The van der Waals surface area contributed by atoms with E-state index in [4.69, 9.17) is 4.74 Å². The number of carbonyl (C=O) groups excluding carboxylic acids is 2. The van der Waals surface area contributed by atoms with Gasteiger partial charge in [0.1, 0.15) is 0 Å². The fraction of sp³-hybridized carbons (Fsp3) is 0.478. The summed E-state index contributed by atoms with van der Waals surface area (Å²) in [5, 5.41) is 0. The van der Waals surface area contributed by atoms with Gasteiger partial charge in [0.25, 0.3) is 5.91 Å². The van der Waals surface area contributed by atoms with Gasteiger partial charge in [0, 0.05) is 50.1 Å². The summed E-state index contributed by atoms with van der Waals surface area (Å²) < 4.78 is 5.52. The normalized spacial score (nSPS) is 23.6. The van der Waals surface area contributed by atoms with Crippen molar-refractivity contribution >= 4 is 17.8 Å². The zero-order valence-electron chi connectivity index (χ0n) is 17.6. The Kier molecular flexibility index (Phi) is 5.70. The van der Waals surface area contributed by atoms with Crippen molar-refractivity contribution in [1.29, 1.82) is 0 Å². The number of ether oxygens (including phenoxy) is 1. The summed E-state index contributed by atoms with van der Waals surface area (Å²) >= 11 is 0. The number of hydrogen-bond acceptors (Lipinski definition) is 6. The molecule has 4 rings (SSSR count). The number of benzene rings is 1. The van der Waals surface area contributed by atoms with E-state index >= 15 is 0 Å². The van der Waals surface area contributed by atoms with Gasteiger partial charge < -0.3 is 14.5 Å². The number of rotatable bonds is 4. The molecule has 0 aliphatic carbocycles. The third-order valence-electron chi connectivity index (χ3n) is 6.37. The van der Waals surface area contributed by atoms with Crippen molar-refractivity contribution in [3.63, 3.8) is 0 Å². The first-order valence-corrected chi connectivity index (χ1v) is 10.6. The van der Waals surface area contributed by atoms with Gasteiger partial charge in [-0.25, -0.2) is 9.97 Å². The maximum absolute atomic E-state index is 13.3. The van der Waals surface area contributed by atoms with E-state index in [1.165, 1.54) is 0 Å². The summed E-state index contributed by atoms with van der Waals surface area (Å²) in [6.45, 7) is 6.45. The molecule has 30 heavy (non-hydrogen) atoms. The second-order valence-corrected chi connectivity index (χ2v) is 8.17. The van der Waals surface area contributed by atoms with Crippen molar-refractivity contribution in [3.8, 4) is 0 Å². The van der Waals surface area contributed by atoms with Crippen LogP contribution in [-0.2, 0) is 9.53 Å². The first kappa shape index (κ1) is 20.3. The van der Waals surface area contributed by atoms with Crippen LogP contribution in [0.25, 0.3) is 0 Å². The molecule has 7 heteroatoms. The Bertz CT molecular complexity index is 920. The van der Waals surface area contributed by atoms with Crippen LogP contribution in [0.15, 0.2) is 42.7 Å². The number of fused-ring (bicyclic) bond motifs is 1. The average Bonchev–Trinajstić information content (AvgIpc) is 3.03. The quantitative estimate of drug-likeness (QED) is 0.724. The van der Waals surface area contributed by atoms with E-state index in [0.29, 0.717) is 45.2 Å². The molecular weight excluding hydrogens is 380 g/mol. The standard InChI is InChI=1S/C23H28N4O3/c1-3-30-21(29)23-10-6-13-26(20(28)19-9-5-4-8-17(19)2)14-18(23)15-27(16-23)22-24-11-7-12-25-22/h4-5,7-9,11-12,18H,3,6,10,13-16H2,1-2H3/t18-,23+/m0/s1. The summed E-state index contributed by atoms with van der Waals surface area (Å²) in [6, 6.07) is 9.44. The summed E-state index contributed by atoms with van der Waals surface area (Å²) in [4.78, 5) is 39.1. The lowest BCUT2D eigenvalue weighted by molar-refractivity contribution is -0.157. The van der Waals surface area contributed by atoms with Crippen LogP contribution in [0.2, 0.25) is 0 Å². The molecule has 2 atom stereocenters. The number of aromatic nitrogens is 2. The Morgan fingerprint density at radius 1 is 1.17 bits per heavy atom. The molecule has 0 unspecified atom stereocenters. The van der Waals surface area contributed by atoms with E-state index in [9.17, 15) is 9.59 Å². The van der Waals surface area contributed by atoms with E-state index in [-0.39, 0.29) is 17.8 Å². The molecule has 2 fully saturated rings. The Morgan fingerprint density at radius 3 is 2.67 bits per heavy atom. The fourth-order valence-corrected chi connectivity index (χ4v) is 4.82. The van der Waals surface area contributed by atoms with E-state index in [0.717, 1.165) is 17.5 Å². The number of likely N-dealkylation sites (tertiary alicyclic amines) is 1. The number of nitrogens with zero attached hydrogens (tertiary/aromatic N) is 4. The van der Waals surface area contributed by atoms with Gasteiger partial charge in [-0.15, -0.1) is 0 Å². The SMILES string of the molecule is CCOC(=O)[C@@]12CCCN(C(=O)c3ccccc3C)C[C@H]1CN(c1ncccn1)C2. The molecule has 1 aromatic heterocycles. The monoisotopic (exact) mass is 408 g/mol. The molecule has 2 aliphatic rings. The maximum Gasteiger partial charge on any atom is 0.314 e.